The summed E-state index contributed by atoms with van der Waals surface area (Å²) >= 11 is 0. The molecule has 0 saturated heterocycles. The summed E-state index contributed by atoms with van der Waals surface area (Å²) in [5.41, 5.74) is 0. The van der Waals surface area contributed by atoms with Crippen LogP contribution in [0.5, 0.6) is 0 Å². The van der Waals surface area contributed by atoms with Crippen molar-refractivity contribution in [2.75, 3.05) is 13.1 Å². The minimum Gasteiger partial charge on any atom is -0.317 e. The van der Waals surface area contributed by atoms with Crippen LogP contribution in [0.2, 0.25) is 0 Å². The highest BCUT2D eigenvalue weighted by Crippen LogP contribution is 2.00. The quantitative estimate of drug-likeness (QED) is 0.632. The van der Waals surface area contributed by atoms with Crippen LogP contribution in [0.15, 0.2) is 12.7 Å². The normalized spacial score (nSPS) is 10.7. The van der Waals surface area contributed by atoms with Gasteiger partial charge in [-0.1, -0.05) is 19.8 Å². The van der Waals surface area contributed by atoms with Crippen molar-refractivity contribution < 1.29 is 0 Å². The molecule has 15 heavy (non-hydrogen) atoms. The zero-order chi connectivity index (χ0) is 10.8. The first kappa shape index (κ1) is 12.2. The van der Waals surface area contributed by atoms with Gasteiger partial charge in [-0.05, 0) is 32.4 Å². The van der Waals surface area contributed by atoms with Gasteiger partial charge in [-0.15, -0.1) is 0 Å². The third-order valence-corrected chi connectivity index (χ3v) is 2.38. The number of unbranched alkanes of at least 4 members (excludes halogenated alkanes) is 3. The van der Waals surface area contributed by atoms with Crippen LogP contribution in [0.1, 0.15) is 39.0 Å². The molecule has 0 fully saturated rings. The minimum absolute atomic E-state index is 1.00. The molecular formula is C11H22N4. The van der Waals surface area contributed by atoms with Crippen molar-refractivity contribution in [1.29, 1.82) is 0 Å². The van der Waals surface area contributed by atoms with Gasteiger partial charge < -0.3 is 5.32 Å². The van der Waals surface area contributed by atoms with E-state index in [1.165, 1.54) is 32.1 Å². The Morgan fingerprint density at radius 3 is 2.73 bits per heavy atom. The van der Waals surface area contributed by atoms with E-state index in [9.17, 15) is 0 Å². The second-order valence-electron chi connectivity index (χ2n) is 3.82. The number of rotatable bonds is 9. The molecule has 86 valence electrons. The van der Waals surface area contributed by atoms with E-state index in [4.69, 9.17) is 0 Å². The van der Waals surface area contributed by atoms with Crippen LogP contribution in [0.25, 0.3) is 0 Å². The molecule has 4 nitrogen and oxygen atoms in total. The van der Waals surface area contributed by atoms with Crippen LogP contribution in [0.3, 0.4) is 0 Å². The second kappa shape index (κ2) is 8.41. The maximum absolute atomic E-state index is 4.07. The maximum atomic E-state index is 4.07. The summed E-state index contributed by atoms with van der Waals surface area (Å²) in [7, 11) is 0. The number of aryl methyl sites for hydroxylation is 1. The van der Waals surface area contributed by atoms with Gasteiger partial charge in [0.2, 0.25) is 0 Å². The summed E-state index contributed by atoms with van der Waals surface area (Å²) < 4.78 is 1.90. The highest BCUT2D eigenvalue weighted by molar-refractivity contribution is 4.56. The Hall–Kier alpha value is -0.900. The average Bonchev–Trinajstić information content (AvgIpc) is 2.75. The SMILES string of the molecule is CCCNCCCCCCn1cncn1. The van der Waals surface area contributed by atoms with E-state index in [2.05, 4.69) is 22.3 Å². The molecule has 4 heteroatoms. The number of hydrogen-bond acceptors (Lipinski definition) is 3. The molecule has 0 bridgehead atoms. The minimum atomic E-state index is 1.00. The van der Waals surface area contributed by atoms with Crippen LogP contribution < -0.4 is 5.32 Å². The van der Waals surface area contributed by atoms with Crippen LogP contribution in [0, 0.1) is 0 Å². The number of hydrogen-bond donors (Lipinski definition) is 1. The van der Waals surface area contributed by atoms with E-state index in [0.29, 0.717) is 0 Å². The summed E-state index contributed by atoms with van der Waals surface area (Å²) in [5, 5.41) is 7.48. The monoisotopic (exact) mass is 210 g/mol. The lowest BCUT2D eigenvalue weighted by molar-refractivity contribution is 0.523. The van der Waals surface area contributed by atoms with Gasteiger partial charge in [0, 0.05) is 6.54 Å². The molecule has 1 rings (SSSR count). The lowest BCUT2D eigenvalue weighted by Crippen LogP contribution is -2.15. The van der Waals surface area contributed by atoms with Crippen LogP contribution in [-0.2, 0) is 6.54 Å². The van der Waals surface area contributed by atoms with Gasteiger partial charge >= 0.3 is 0 Å². The molecule has 1 aromatic heterocycles. The predicted molar refractivity (Wildman–Crippen MR) is 61.7 cm³/mol. The zero-order valence-electron chi connectivity index (χ0n) is 9.65. The highest BCUT2D eigenvalue weighted by atomic mass is 15.3. The topological polar surface area (TPSA) is 42.7 Å². The van der Waals surface area contributed by atoms with Crippen molar-refractivity contribution in [2.45, 2.75) is 45.6 Å². The smallest absolute Gasteiger partial charge is 0.137 e. The Labute approximate surface area is 92.1 Å². The Kier molecular flexibility index (Phi) is 6.83. The van der Waals surface area contributed by atoms with E-state index in [-0.39, 0.29) is 0 Å². The first-order valence-corrected chi connectivity index (χ1v) is 5.96. The third kappa shape index (κ3) is 6.23. The van der Waals surface area contributed by atoms with Crippen molar-refractivity contribution in [3.05, 3.63) is 12.7 Å². The van der Waals surface area contributed by atoms with E-state index in [1.54, 1.807) is 12.7 Å². The van der Waals surface area contributed by atoms with Crippen molar-refractivity contribution in [3.8, 4) is 0 Å². The fraction of sp³-hybridized carbons (Fsp3) is 0.818. The Morgan fingerprint density at radius 2 is 2.00 bits per heavy atom. The summed E-state index contributed by atoms with van der Waals surface area (Å²) in [6.07, 6.45) is 9.69. The largest absolute Gasteiger partial charge is 0.317 e. The molecule has 0 amide bonds. The van der Waals surface area contributed by atoms with Crippen LogP contribution in [0.4, 0.5) is 0 Å². The average molecular weight is 210 g/mol. The molecule has 1 heterocycles. The molecule has 0 atom stereocenters. The first-order chi connectivity index (χ1) is 7.43. The van der Waals surface area contributed by atoms with E-state index in [0.717, 1.165) is 19.6 Å². The Morgan fingerprint density at radius 1 is 1.13 bits per heavy atom. The van der Waals surface area contributed by atoms with E-state index < -0.39 is 0 Å². The lowest BCUT2D eigenvalue weighted by Gasteiger charge is -2.03. The fourth-order valence-electron chi connectivity index (χ4n) is 1.53. The van der Waals surface area contributed by atoms with Gasteiger partial charge in [0.15, 0.2) is 0 Å². The molecule has 1 aromatic rings. The highest BCUT2D eigenvalue weighted by Gasteiger charge is 1.92. The molecule has 0 aromatic carbocycles. The molecule has 0 aliphatic heterocycles. The van der Waals surface area contributed by atoms with Gasteiger partial charge in [0.1, 0.15) is 12.7 Å². The number of aromatic nitrogens is 3. The standard InChI is InChI=1S/C11H22N4/c1-2-7-12-8-5-3-4-6-9-15-11-13-10-14-15/h10-12H,2-9H2,1H3. The van der Waals surface area contributed by atoms with Crippen molar-refractivity contribution in [1.82, 2.24) is 20.1 Å². The summed E-state index contributed by atoms with van der Waals surface area (Å²) in [5.74, 6) is 0. The summed E-state index contributed by atoms with van der Waals surface area (Å²) in [6, 6.07) is 0. The molecule has 0 aliphatic rings. The van der Waals surface area contributed by atoms with Gasteiger partial charge in [-0.2, -0.15) is 5.10 Å². The molecule has 0 unspecified atom stereocenters. The summed E-state index contributed by atoms with van der Waals surface area (Å²) in [6.45, 7) is 5.52. The van der Waals surface area contributed by atoms with E-state index >= 15 is 0 Å². The Bertz CT molecular complexity index is 221. The first-order valence-electron chi connectivity index (χ1n) is 5.96. The predicted octanol–water partition coefficient (Wildman–Crippen LogP) is 1.84. The molecule has 1 N–H and O–H groups in total. The van der Waals surface area contributed by atoms with Gasteiger partial charge in [0.05, 0.1) is 0 Å². The van der Waals surface area contributed by atoms with E-state index in [1.807, 2.05) is 4.68 Å². The summed E-state index contributed by atoms with van der Waals surface area (Å²) in [4.78, 5) is 3.91. The van der Waals surface area contributed by atoms with Gasteiger partial charge in [-0.3, -0.25) is 4.68 Å². The maximum Gasteiger partial charge on any atom is 0.137 e. The van der Waals surface area contributed by atoms with Gasteiger partial charge in [0.25, 0.3) is 0 Å². The van der Waals surface area contributed by atoms with Crippen molar-refractivity contribution >= 4 is 0 Å². The van der Waals surface area contributed by atoms with Crippen molar-refractivity contribution in [3.63, 3.8) is 0 Å². The molecule has 0 radical (unpaired) electrons. The van der Waals surface area contributed by atoms with Crippen molar-refractivity contribution in [2.24, 2.45) is 0 Å². The Balaban J connectivity index is 1.81. The second-order valence-corrected chi connectivity index (χ2v) is 3.82. The van der Waals surface area contributed by atoms with Crippen LogP contribution in [-0.4, -0.2) is 27.9 Å². The lowest BCUT2D eigenvalue weighted by atomic mass is 10.2. The zero-order valence-corrected chi connectivity index (χ0v) is 9.65. The number of nitrogens with zero attached hydrogens (tertiary/aromatic N) is 3. The van der Waals surface area contributed by atoms with Gasteiger partial charge in [-0.25, -0.2) is 4.98 Å². The van der Waals surface area contributed by atoms with Crippen LogP contribution >= 0.6 is 0 Å². The fourth-order valence-corrected chi connectivity index (χ4v) is 1.53. The molecule has 0 saturated carbocycles. The molecule has 0 aliphatic carbocycles. The molecule has 0 spiro atoms. The molecular weight excluding hydrogens is 188 g/mol. The number of nitrogens with one attached hydrogen (secondary N) is 1. The third-order valence-electron chi connectivity index (χ3n) is 2.38.